The Morgan fingerprint density at radius 1 is 1.24 bits per heavy atom. The van der Waals surface area contributed by atoms with Gasteiger partial charge in [-0.2, -0.15) is 0 Å². The number of nitrogens with one attached hydrogen (secondary N) is 1. The summed E-state index contributed by atoms with van der Waals surface area (Å²) in [7, 11) is 0. The zero-order chi connectivity index (χ0) is 15.6. The monoisotopic (exact) mass is 294 g/mol. The second-order valence-corrected chi connectivity index (χ2v) is 7.50. The minimum Gasteiger partial charge on any atom is -0.343 e. The van der Waals surface area contributed by atoms with Gasteiger partial charge in [-0.3, -0.25) is 9.59 Å². The smallest absolute Gasteiger partial charge is 0.245 e. The van der Waals surface area contributed by atoms with Crippen LogP contribution in [0.5, 0.6) is 0 Å². The van der Waals surface area contributed by atoms with Crippen molar-refractivity contribution >= 4 is 11.8 Å². The lowest BCUT2D eigenvalue weighted by Crippen LogP contribution is -2.66. The van der Waals surface area contributed by atoms with Crippen LogP contribution in [-0.4, -0.2) is 35.3 Å². The van der Waals surface area contributed by atoms with E-state index in [0.717, 1.165) is 6.54 Å². The first kappa shape index (κ1) is 16.3. The third-order valence-electron chi connectivity index (χ3n) is 5.15. The highest BCUT2D eigenvalue weighted by Gasteiger charge is 2.44. The maximum atomic E-state index is 12.7. The summed E-state index contributed by atoms with van der Waals surface area (Å²) in [6.45, 7) is 9.03. The van der Waals surface area contributed by atoms with Gasteiger partial charge in [0.2, 0.25) is 11.8 Å². The zero-order valence-corrected chi connectivity index (χ0v) is 13.9. The molecule has 2 fully saturated rings. The molecule has 1 saturated carbocycles. The van der Waals surface area contributed by atoms with E-state index in [0.29, 0.717) is 6.42 Å². The molecule has 1 aliphatic carbocycles. The van der Waals surface area contributed by atoms with Crippen LogP contribution in [0.4, 0.5) is 0 Å². The summed E-state index contributed by atoms with van der Waals surface area (Å²) < 4.78 is 0. The average Bonchev–Trinajstić information content (AvgIpc) is 2.42. The third-order valence-corrected chi connectivity index (χ3v) is 5.15. The number of carbonyl (C=O) groups is 2. The molecule has 0 aromatic rings. The largest absolute Gasteiger partial charge is 0.343 e. The number of piperazine rings is 1. The van der Waals surface area contributed by atoms with Gasteiger partial charge in [0.05, 0.1) is 0 Å². The van der Waals surface area contributed by atoms with E-state index in [1.54, 1.807) is 0 Å². The normalized spacial score (nSPS) is 29.7. The van der Waals surface area contributed by atoms with Crippen LogP contribution in [-0.2, 0) is 9.59 Å². The summed E-state index contributed by atoms with van der Waals surface area (Å²) in [4.78, 5) is 27.0. The molecule has 2 atom stereocenters. The molecule has 2 rings (SSSR count). The van der Waals surface area contributed by atoms with Crippen LogP contribution in [0.1, 0.15) is 66.2 Å². The second kappa shape index (κ2) is 6.37. The van der Waals surface area contributed by atoms with Gasteiger partial charge < -0.3 is 10.2 Å². The first-order valence-electron chi connectivity index (χ1n) is 8.49. The van der Waals surface area contributed by atoms with Crippen molar-refractivity contribution in [2.45, 2.75) is 78.3 Å². The Balaban J connectivity index is 2.21. The lowest BCUT2D eigenvalue weighted by Gasteiger charge is -2.46. The molecule has 0 bridgehead atoms. The summed E-state index contributed by atoms with van der Waals surface area (Å²) in [6, 6.07) is -0.640. The number of rotatable bonds is 4. The summed E-state index contributed by atoms with van der Waals surface area (Å²) in [6.07, 6.45) is 6.79. The molecule has 2 unspecified atom stereocenters. The summed E-state index contributed by atoms with van der Waals surface area (Å²) >= 11 is 0. The Bertz CT molecular complexity index is 400. The van der Waals surface area contributed by atoms with Gasteiger partial charge in [0, 0.05) is 6.54 Å². The van der Waals surface area contributed by atoms with Crippen molar-refractivity contribution in [3.8, 4) is 0 Å². The minimum atomic E-state index is -0.334. The van der Waals surface area contributed by atoms with Gasteiger partial charge in [-0.05, 0) is 30.6 Å². The molecular weight excluding hydrogens is 264 g/mol. The van der Waals surface area contributed by atoms with Crippen molar-refractivity contribution in [3.05, 3.63) is 0 Å². The molecule has 0 spiro atoms. The van der Waals surface area contributed by atoms with Crippen molar-refractivity contribution in [2.24, 2.45) is 11.3 Å². The molecule has 0 radical (unpaired) electrons. The van der Waals surface area contributed by atoms with Gasteiger partial charge in [0.1, 0.15) is 12.1 Å². The molecule has 120 valence electrons. The highest BCUT2D eigenvalue weighted by molar-refractivity contribution is 5.97. The van der Waals surface area contributed by atoms with Crippen molar-refractivity contribution in [1.29, 1.82) is 0 Å². The maximum Gasteiger partial charge on any atom is 0.245 e. The Morgan fingerprint density at radius 2 is 1.86 bits per heavy atom. The molecular formula is C17H30N2O2. The van der Waals surface area contributed by atoms with Crippen LogP contribution < -0.4 is 5.32 Å². The van der Waals surface area contributed by atoms with Crippen LogP contribution in [0, 0.1) is 11.3 Å². The Labute approximate surface area is 128 Å². The fourth-order valence-electron chi connectivity index (χ4n) is 3.89. The molecule has 21 heavy (non-hydrogen) atoms. The highest BCUT2D eigenvalue weighted by atomic mass is 16.2. The molecule has 2 amide bonds. The molecule has 0 aromatic carbocycles. The van der Waals surface area contributed by atoms with E-state index in [9.17, 15) is 9.59 Å². The molecule has 1 saturated heterocycles. The van der Waals surface area contributed by atoms with Gasteiger partial charge in [0.15, 0.2) is 0 Å². The van der Waals surface area contributed by atoms with Crippen LogP contribution in [0.25, 0.3) is 0 Å². The van der Waals surface area contributed by atoms with Gasteiger partial charge >= 0.3 is 0 Å². The first-order chi connectivity index (χ1) is 9.88. The van der Waals surface area contributed by atoms with Gasteiger partial charge in [-0.25, -0.2) is 0 Å². The number of hydrogen-bond acceptors (Lipinski definition) is 2. The molecule has 0 aromatic heterocycles. The Kier molecular flexibility index (Phi) is 4.95. The molecule has 4 heteroatoms. The first-order valence-corrected chi connectivity index (χ1v) is 8.49. The molecule has 1 aliphatic heterocycles. The number of hydrogen-bond donors (Lipinski definition) is 1. The van der Waals surface area contributed by atoms with Crippen molar-refractivity contribution in [2.75, 3.05) is 6.54 Å². The van der Waals surface area contributed by atoms with Crippen molar-refractivity contribution in [3.63, 3.8) is 0 Å². The van der Waals surface area contributed by atoms with E-state index in [-0.39, 0.29) is 35.2 Å². The molecule has 1 N–H and O–H groups in total. The Morgan fingerprint density at radius 3 is 2.38 bits per heavy atom. The lowest BCUT2D eigenvalue weighted by atomic mass is 9.74. The fraction of sp³-hybridized carbons (Fsp3) is 0.882. The Hall–Kier alpha value is -1.06. The number of nitrogens with zero attached hydrogens (tertiary/aromatic N) is 1. The zero-order valence-electron chi connectivity index (χ0n) is 13.9. The molecule has 1 heterocycles. The molecule has 2 aliphatic rings. The van der Waals surface area contributed by atoms with E-state index in [4.69, 9.17) is 0 Å². The van der Waals surface area contributed by atoms with E-state index < -0.39 is 0 Å². The quantitative estimate of drug-likeness (QED) is 0.866. The minimum absolute atomic E-state index is 0.0239. The summed E-state index contributed by atoms with van der Waals surface area (Å²) in [5.41, 5.74) is 0.178. The SMILES string of the molecule is CCC1NC(=O)C(C(C)C)N(CC2(C)CCCCC2)C1=O. The summed E-state index contributed by atoms with van der Waals surface area (Å²) in [5.74, 6) is 0.289. The van der Waals surface area contributed by atoms with Crippen LogP contribution in [0.15, 0.2) is 0 Å². The van der Waals surface area contributed by atoms with Crippen LogP contribution >= 0.6 is 0 Å². The number of amides is 2. The number of carbonyl (C=O) groups excluding carboxylic acids is 2. The van der Waals surface area contributed by atoms with E-state index >= 15 is 0 Å². The lowest BCUT2D eigenvalue weighted by molar-refractivity contribution is -0.153. The summed E-state index contributed by atoms with van der Waals surface area (Å²) in [5, 5.41) is 2.90. The average molecular weight is 294 g/mol. The predicted octanol–water partition coefficient (Wildman–Crippen LogP) is 2.72. The highest BCUT2D eigenvalue weighted by Crippen LogP contribution is 2.37. The van der Waals surface area contributed by atoms with Crippen LogP contribution in [0.3, 0.4) is 0 Å². The fourth-order valence-corrected chi connectivity index (χ4v) is 3.89. The van der Waals surface area contributed by atoms with E-state index in [2.05, 4.69) is 12.2 Å². The standard InChI is InChI=1S/C17H30N2O2/c1-5-13-16(21)19(14(12(2)3)15(20)18-13)11-17(4)9-7-6-8-10-17/h12-14H,5-11H2,1-4H3,(H,18,20). The van der Waals surface area contributed by atoms with Crippen LogP contribution in [0.2, 0.25) is 0 Å². The van der Waals surface area contributed by atoms with Gasteiger partial charge in [0.25, 0.3) is 0 Å². The van der Waals surface area contributed by atoms with Crippen molar-refractivity contribution in [1.82, 2.24) is 10.2 Å². The second-order valence-electron chi connectivity index (χ2n) is 7.50. The van der Waals surface area contributed by atoms with Crippen molar-refractivity contribution < 1.29 is 9.59 Å². The predicted molar refractivity (Wildman–Crippen MR) is 83.8 cm³/mol. The van der Waals surface area contributed by atoms with Gasteiger partial charge in [-0.15, -0.1) is 0 Å². The van der Waals surface area contributed by atoms with E-state index in [1.807, 2.05) is 25.7 Å². The third kappa shape index (κ3) is 3.41. The topological polar surface area (TPSA) is 49.4 Å². The molecule has 4 nitrogen and oxygen atoms in total. The van der Waals surface area contributed by atoms with Gasteiger partial charge in [-0.1, -0.05) is 47.0 Å². The van der Waals surface area contributed by atoms with E-state index in [1.165, 1.54) is 32.1 Å². The maximum absolute atomic E-state index is 12.7.